The van der Waals surface area contributed by atoms with E-state index in [9.17, 15) is 9.59 Å². The van der Waals surface area contributed by atoms with E-state index in [4.69, 9.17) is 5.73 Å². The number of carbonyl (C=O) groups is 2. The second kappa shape index (κ2) is 7.12. The van der Waals surface area contributed by atoms with Crippen LogP contribution < -0.4 is 11.1 Å². The first-order valence-corrected chi connectivity index (χ1v) is 6.69. The number of Topliss-reactive ketones (excluding diaryl/α,β-unsaturated/α-hetero) is 1. The first-order chi connectivity index (χ1) is 10.6. The maximum Gasteiger partial charge on any atom is 0.258 e. The molecule has 0 aromatic heterocycles. The summed E-state index contributed by atoms with van der Waals surface area (Å²) in [5, 5.41) is 10.4. The zero-order valence-electron chi connectivity index (χ0n) is 12.1. The van der Waals surface area contributed by atoms with Gasteiger partial charge in [0.1, 0.15) is 5.69 Å². The molecule has 0 aliphatic rings. The fraction of sp³-hybridized carbons (Fsp3) is 0.125. The number of ketones is 1. The number of para-hydroxylation sites is 2. The van der Waals surface area contributed by atoms with Gasteiger partial charge in [0.2, 0.25) is 6.04 Å². The second-order valence-corrected chi connectivity index (χ2v) is 4.64. The Balaban J connectivity index is 2.15. The number of amides is 1. The zero-order chi connectivity index (χ0) is 15.9. The number of nitrogens with one attached hydrogen (secondary N) is 1. The molecule has 2 aromatic carbocycles. The molecule has 1 amide bonds. The van der Waals surface area contributed by atoms with Crippen LogP contribution in [0, 0.1) is 0 Å². The molecule has 6 nitrogen and oxygen atoms in total. The number of rotatable bonds is 5. The minimum absolute atomic E-state index is 0.397. The summed E-state index contributed by atoms with van der Waals surface area (Å²) in [7, 11) is 0. The largest absolute Gasteiger partial charge is 0.397 e. The Labute approximate surface area is 128 Å². The summed E-state index contributed by atoms with van der Waals surface area (Å²) in [6, 6.07) is 14.5. The molecule has 0 saturated carbocycles. The van der Waals surface area contributed by atoms with Gasteiger partial charge in [-0.25, -0.2) is 0 Å². The van der Waals surface area contributed by atoms with E-state index in [0.717, 1.165) is 0 Å². The van der Waals surface area contributed by atoms with E-state index in [0.29, 0.717) is 17.1 Å². The zero-order valence-corrected chi connectivity index (χ0v) is 12.1. The fourth-order valence-corrected chi connectivity index (χ4v) is 1.75. The van der Waals surface area contributed by atoms with Crippen LogP contribution >= 0.6 is 0 Å². The topological polar surface area (TPSA) is 96.9 Å². The van der Waals surface area contributed by atoms with Crippen molar-refractivity contribution in [1.82, 2.24) is 0 Å². The second-order valence-electron chi connectivity index (χ2n) is 4.64. The van der Waals surface area contributed by atoms with Crippen molar-refractivity contribution >= 4 is 28.8 Å². The maximum atomic E-state index is 12.1. The smallest absolute Gasteiger partial charge is 0.258 e. The summed E-state index contributed by atoms with van der Waals surface area (Å²) in [5.74, 6) is -0.927. The molecule has 0 spiro atoms. The molecule has 6 heteroatoms. The number of nitrogens with two attached hydrogens (primary N) is 1. The quantitative estimate of drug-likeness (QED) is 0.504. The molecule has 1 atom stereocenters. The molecule has 3 N–H and O–H groups in total. The first kappa shape index (κ1) is 15.4. The number of nitrogens with zero attached hydrogens (tertiary/aromatic N) is 2. The normalized spacial score (nSPS) is 12.0. The molecule has 0 aliphatic heterocycles. The van der Waals surface area contributed by atoms with Crippen LogP contribution in [0.15, 0.2) is 64.8 Å². The number of carbonyl (C=O) groups excluding carboxylic acids is 2. The van der Waals surface area contributed by atoms with E-state index < -0.39 is 17.7 Å². The number of hydrogen-bond donors (Lipinski definition) is 2. The van der Waals surface area contributed by atoms with Gasteiger partial charge < -0.3 is 11.1 Å². The van der Waals surface area contributed by atoms with Gasteiger partial charge in [0.05, 0.1) is 5.69 Å². The van der Waals surface area contributed by atoms with Gasteiger partial charge in [0.15, 0.2) is 5.78 Å². The molecule has 22 heavy (non-hydrogen) atoms. The Hall–Kier alpha value is -3.02. The lowest BCUT2D eigenvalue weighted by Crippen LogP contribution is -2.31. The van der Waals surface area contributed by atoms with Crippen LogP contribution in [0.25, 0.3) is 0 Å². The minimum Gasteiger partial charge on any atom is -0.397 e. The van der Waals surface area contributed by atoms with E-state index in [2.05, 4.69) is 15.5 Å². The minimum atomic E-state index is -1.21. The predicted molar refractivity (Wildman–Crippen MR) is 84.9 cm³/mol. The Kier molecular flexibility index (Phi) is 4.98. The summed E-state index contributed by atoms with van der Waals surface area (Å²) >= 11 is 0. The van der Waals surface area contributed by atoms with Gasteiger partial charge in [0, 0.05) is 5.69 Å². The van der Waals surface area contributed by atoms with Gasteiger partial charge >= 0.3 is 0 Å². The maximum absolute atomic E-state index is 12.1. The molecular formula is C16H16N4O2. The molecule has 2 rings (SSSR count). The average molecular weight is 296 g/mol. The van der Waals surface area contributed by atoms with Gasteiger partial charge in [-0.2, -0.15) is 10.2 Å². The third-order valence-corrected chi connectivity index (χ3v) is 2.89. The molecule has 2 aromatic rings. The van der Waals surface area contributed by atoms with Crippen molar-refractivity contribution in [3.05, 3.63) is 54.6 Å². The van der Waals surface area contributed by atoms with Crippen LogP contribution in [0.4, 0.5) is 17.1 Å². The fourth-order valence-electron chi connectivity index (χ4n) is 1.75. The lowest BCUT2D eigenvalue weighted by molar-refractivity contribution is -0.126. The summed E-state index contributed by atoms with van der Waals surface area (Å²) in [6.45, 7) is 1.29. The molecule has 112 valence electrons. The predicted octanol–water partition coefficient (Wildman–Crippen LogP) is 2.95. The number of nitrogen functional groups attached to an aromatic ring is 1. The molecule has 0 aliphatic carbocycles. The number of hydrogen-bond acceptors (Lipinski definition) is 5. The van der Waals surface area contributed by atoms with Crippen molar-refractivity contribution in [1.29, 1.82) is 0 Å². The molecule has 0 radical (unpaired) electrons. The van der Waals surface area contributed by atoms with Crippen molar-refractivity contribution in [2.75, 3.05) is 11.1 Å². The standard InChI is InChI=1S/C16H16N4O2/c1-11(21)15(16(22)18-12-7-3-2-4-8-12)20-19-14-10-6-5-9-13(14)17/h2-10,15H,17H2,1H3,(H,18,22). The van der Waals surface area contributed by atoms with Crippen molar-refractivity contribution in [2.45, 2.75) is 13.0 Å². The van der Waals surface area contributed by atoms with Crippen LogP contribution in [0.2, 0.25) is 0 Å². The van der Waals surface area contributed by atoms with Crippen LogP contribution in [0.3, 0.4) is 0 Å². The van der Waals surface area contributed by atoms with Gasteiger partial charge in [-0.05, 0) is 31.2 Å². The van der Waals surface area contributed by atoms with Crippen LogP contribution in [0.5, 0.6) is 0 Å². The molecule has 1 unspecified atom stereocenters. The van der Waals surface area contributed by atoms with Gasteiger partial charge in [-0.1, -0.05) is 30.3 Å². The summed E-state index contributed by atoms with van der Waals surface area (Å²) in [6.07, 6.45) is 0. The van der Waals surface area contributed by atoms with Crippen molar-refractivity contribution in [3.63, 3.8) is 0 Å². The van der Waals surface area contributed by atoms with Gasteiger partial charge in [0.25, 0.3) is 5.91 Å². The molecule has 0 saturated heterocycles. The third-order valence-electron chi connectivity index (χ3n) is 2.89. The molecule has 0 heterocycles. The van der Waals surface area contributed by atoms with E-state index in [1.807, 2.05) is 6.07 Å². The highest BCUT2D eigenvalue weighted by molar-refractivity contribution is 6.10. The van der Waals surface area contributed by atoms with Crippen molar-refractivity contribution < 1.29 is 9.59 Å². The number of benzene rings is 2. The molecular weight excluding hydrogens is 280 g/mol. The first-order valence-electron chi connectivity index (χ1n) is 6.69. The van der Waals surface area contributed by atoms with Crippen LogP contribution in [0.1, 0.15) is 6.92 Å². The van der Waals surface area contributed by atoms with E-state index >= 15 is 0 Å². The Bertz CT molecular complexity index is 698. The molecule has 0 fully saturated rings. The highest BCUT2D eigenvalue weighted by atomic mass is 16.2. The monoisotopic (exact) mass is 296 g/mol. The van der Waals surface area contributed by atoms with E-state index in [1.165, 1.54) is 6.92 Å². The summed E-state index contributed by atoms with van der Waals surface area (Å²) in [5.41, 5.74) is 7.18. The SMILES string of the molecule is CC(=O)C(N=Nc1ccccc1N)C(=O)Nc1ccccc1. The Morgan fingerprint density at radius 2 is 1.68 bits per heavy atom. The Morgan fingerprint density at radius 3 is 2.32 bits per heavy atom. The lowest BCUT2D eigenvalue weighted by Gasteiger charge is -2.09. The Morgan fingerprint density at radius 1 is 1.05 bits per heavy atom. The van der Waals surface area contributed by atoms with Crippen LogP contribution in [-0.2, 0) is 9.59 Å². The average Bonchev–Trinajstić information content (AvgIpc) is 2.50. The lowest BCUT2D eigenvalue weighted by atomic mass is 10.2. The highest BCUT2D eigenvalue weighted by Gasteiger charge is 2.23. The van der Waals surface area contributed by atoms with E-state index in [-0.39, 0.29) is 0 Å². The number of anilines is 2. The van der Waals surface area contributed by atoms with Gasteiger partial charge in [-0.3, -0.25) is 9.59 Å². The van der Waals surface area contributed by atoms with Crippen molar-refractivity contribution in [2.24, 2.45) is 10.2 Å². The van der Waals surface area contributed by atoms with Crippen LogP contribution in [-0.4, -0.2) is 17.7 Å². The van der Waals surface area contributed by atoms with Crippen molar-refractivity contribution in [3.8, 4) is 0 Å². The summed E-state index contributed by atoms with van der Waals surface area (Å²) in [4.78, 5) is 23.8. The van der Waals surface area contributed by atoms with Gasteiger partial charge in [-0.15, -0.1) is 0 Å². The molecule has 0 bridgehead atoms. The summed E-state index contributed by atoms with van der Waals surface area (Å²) < 4.78 is 0. The van der Waals surface area contributed by atoms with E-state index in [1.54, 1.807) is 48.5 Å². The third kappa shape index (κ3) is 3.99. The number of azo groups is 1. The highest BCUT2D eigenvalue weighted by Crippen LogP contribution is 2.21.